The van der Waals surface area contributed by atoms with E-state index in [4.69, 9.17) is 11.6 Å². The first-order chi connectivity index (χ1) is 15.2. The summed E-state index contributed by atoms with van der Waals surface area (Å²) in [6, 6.07) is 4.22. The Morgan fingerprint density at radius 1 is 1.16 bits per heavy atom. The molecule has 32 heavy (non-hydrogen) atoms. The smallest absolute Gasteiger partial charge is 0.322 e. The van der Waals surface area contributed by atoms with E-state index in [0.29, 0.717) is 23.3 Å². The SMILES string of the molecule is Cc1nn(CCCN2CCCC2)c2ncc(C(=O)Nc3ccc(C(F)(F)F)cc3)c(Cl)c12. The summed E-state index contributed by atoms with van der Waals surface area (Å²) in [6.45, 7) is 5.79. The quantitative estimate of drug-likeness (QED) is 0.547. The van der Waals surface area contributed by atoms with Crippen LogP contribution in [0.1, 0.15) is 40.9 Å². The maximum Gasteiger partial charge on any atom is 0.416 e. The van der Waals surface area contributed by atoms with E-state index >= 15 is 0 Å². The monoisotopic (exact) mass is 465 g/mol. The molecule has 1 fully saturated rings. The number of anilines is 1. The molecule has 1 aliphatic rings. The van der Waals surface area contributed by atoms with Crippen molar-refractivity contribution in [2.45, 2.75) is 38.9 Å². The van der Waals surface area contributed by atoms with Gasteiger partial charge in [-0.25, -0.2) is 9.67 Å². The van der Waals surface area contributed by atoms with Crippen molar-refractivity contribution in [3.8, 4) is 0 Å². The minimum Gasteiger partial charge on any atom is -0.322 e. The van der Waals surface area contributed by atoms with Gasteiger partial charge in [-0.3, -0.25) is 4.79 Å². The molecule has 0 unspecified atom stereocenters. The van der Waals surface area contributed by atoms with Gasteiger partial charge in [-0.1, -0.05) is 11.6 Å². The van der Waals surface area contributed by atoms with Crippen LogP contribution in [0.15, 0.2) is 30.5 Å². The van der Waals surface area contributed by atoms with Crippen LogP contribution in [-0.4, -0.2) is 45.2 Å². The molecule has 2 aromatic heterocycles. The second-order valence-electron chi connectivity index (χ2n) is 7.92. The molecule has 10 heteroatoms. The second kappa shape index (κ2) is 9.07. The molecule has 6 nitrogen and oxygen atoms in total. The molecule has 1 N–H and O–H groups in total. The summed E-state index contributed by atoms with van der Waals surface area (Å²) in [6.07, 6.45) is 0.372. The fourth-order valence-corrected chi connectivity index (χ4v) is 4.34. The molecule has 1 aromatic carbocycles. The first-order valence-corrected chi connectivity index (χ1v) is 10.8. The topological polar surface area (TPSA) is 63.1 Å². The van der Waals surface area contributed by atoms with Crippen molar-refractivity contribution in [1.82, 2.24) is 19.7 Å². The summed E-state index contributed by atoms with van der Waals surface area (Å²) in [4.78, 5) is 19.6. The number of benzene rings is 1. The lowest BCUT2D eigenvalue weighted by Gasteiger charge is -2.14. The molecule has 4 rings (SSSR count). The molecule has 0 aliphatic carbocycles. The number of nitrogens with one attached hydrogen (secondary N) is 1. The first kappa shape index (κ1) is 22.5. The predicted octanol–water partition coefficient (Wildman–Crippen LogP) is 5.15. The van der Waals surface area contributed by atoms with Crippen LogP contribution in [0, 0.1) is 6.92 Å². The van der Waals surface area contributed by atoms with E-state index in [1.54, 1.807) is 0 Å². The molecule has 1 saturated heterocycles. The highest BCUT2D eigenvalue weighted by Gasteiger charge is 2.30. The van der Waals surface area contributed by atoms with Gasteiger partial charge < -0.3 is 10.2 Å². The number of carbonyl (C=O) groups is 1. The number of aryl methyl sites for hydroxylation is 2. The Labute approximate surface area is 188 Å². The van der Waals surface area contributed by atoms with Crippen LogP contribution >= 0.6 is 11.6 Å². The third-order valence-electron chi connectivity index (χ3n) is 5.63. The lowest BCUT2D eigenvalue weighted by Crippen LogP contribution is -2.21. The van der Waals surface area contributed by atoms with Crippen LogP contribution in [0.2, 0.25) is 5.02 Å². The zero-order valence-corrected chi connectivity index (χ0v) is 18.3. The number of hydrogen-bond donors (Lipinski definition) is 1. The van der Waals surface area contributed by atoms with Crippen molar-refractivity contribution in [2.75, 3.05) is 25.0 Å². The number of nitrogens with zero attached hydrogens (tertiary/aromatic N) is 4. The van der Waals surface area contributed by atoms with Crippen molar-refractivity contribution >= 4 is 34.2 Å². The maximum atomic E-state index is 12.7. The van der Waals surface area contributed by atoms with Gasteiger partial charge in [0.15, 0.2) is 5.65 Å². The minimum absolute atomic E-state index is 0.138. The molecule has 0 bridgehead atoms. The molecule has 1 aliphatic heterocycles. The van der Waals surface area contributed by atoms with Crippen molar-refractivity contribution in [3.63, 3.8) is 0 Å². The number of pyridine rings is 1. The van der Waals surface area contributed by atoms with Gasteiger partial charge in [0.2, 0.25) is 0 Å². The number of alkyl halides is 3. The van der Waals surface area contributed by atoms with Gasteiger partial charge >= 0.3 is 6.18 Å². The van der Waals surface area contributed by atoms with Crippen LogP contribution < -0.4 is 5.32 Å². The fourth-order valence-electron chi connectivity index (χ4n) is 3.98. The third kappa shape index (κ3) is 4.73. The van der Waals surface area contributed by atoms with Gasteiger partial charge in [0.25, 0.3) is 5.91 Å². The lowest BCUT2D eigenvalue weighted by atomic mass is 10.1. The van der Waals surface area contributed by atoms with Gasteiger partial charge in [-0.15, -0.1) is 0 Å². The van der Waals surface area contributed by atoms with Gasteiger partial charge in [-0.05, 0) is 70.1 Å². The first-order valence-electron chi connectivity index (χ1n) is 10.5. The molecule has 0 spiro atoms. The minimum atomic E-state index is -4.44. The Hall–Kier alpha value is -2.65. The van der Waals surface area contributed by atoms with Crippen LogP contribution in [0.4, 0.5) is 18.9 Å². The van der Waals surface area contributed by atoms with E-state index in [1.165, 1.54) is 31.2 Å². The molecule has 3 aromatic rings. The highest BCUT2D eigenvalue weighted by Crippen LogP contribution is 2.31. The number of carbonyl (C=O) groups excluding carboxylic acids is 1. The van der Waals surface area contributed by atoms with E-state index < -0.39 is 17.6 Å². The number of rotatable bonds is 6. The summed E-state index contributed by atoms with van der Waals surface area (Å²) < 4.78 is 40.0. The molecule has 3 heterocycles. The highest BCUT2D eigenvalue weighted by molar-refractivity contribution is 6.39. The molecule has 0 radical (unpaired) electrons. The van der Waals surface area contributed by atoms with Crippen molar-refractivity contribution in [2.24, 2.45) is 0 Å². The summed E-state index contributed by atoms with van der Waals surface area (Å²) in [5, 5.41) is 7.94. The predicted molar refractivity (Wildman–Crippen MR) is 117 cm³/mol. The number of fused-ring (bicyclic) bond motifs is 1. The Morgan fingerprint density at radius 2 is 1.84 bits per heavy atom. The fraction of sp³-hybridized carbons (Fsp3) is 0.409. The van der Waals surface area contributed by atoms with E-state index in [-0.39, 0.29) is 16.3 Å². The van der Waals surface area contributed by atoms with E-state index in [9.17, 15) is 18.0 Å². The van der Waals surface area contributed by atoms with Crippen LogP contribution in [0.5, 0.6) is 0 Å². The van der Waals surface area contributed by atoms with Crippen molar-refractivity contribution in [3.05, 3.63) is 52.3 Å². The molecule has 1 amide bonds. The third-order valence-corrected chi connectivity index (χ3v) is 6.02. The molecule has 0 atom stereocenters. The summed E-state index contributed by atoms with van der Waals surface area (Å²) in [5.74, 6) is -0.551. The Bertz CT molecular complexity index is 1120. The van der Waals surface area contributed by atoms with E-state index in [1.807, 2.05) is 11.6 Å². The molecular formula is C22H23ClF3N5O. The van der Waals surface area contributed by atoms with E-state index in [0.717, 1.165) is 38.2 Å². The van der Waals surface area contributed by atoms with Crippen LogP contribution in [0.3, 0.4) is 0 Å². The Balaban J connectivity index is 1.50. The highest BCUT2D eigenvalue weighted by atomic mass is 35.5. The summed E-state index contributed by atoms with van der Waals surface area (Å²) in [7, 11) is 0. The standard InChI is InChI=1S/C22H23ClF3N5O/c1-14-18-19(23)17(21(32)28-16-7-5-15(6-8-16)22(24,25)26)13-27-20(18)31(29-14)12-4-11-30-9-2-3-10-30/h5-8,13H,2-4,9-12H2,1H3,(H,28,32). The van der Waals surface area contributed by atoms with Crippen LogP contribution in [-0.2, 0) is 12.7 Å². The van der Waals surface area contributed by atoms with Gasteiger partial charge in [0.05, 0.1) is 27.2 Å². The van der Waals surface area contributed by atoms with Gasteiger partial charge in [0, 0.05) is 18.4 Å². The van der Waals surface area contributed by atoms with Crippen molar-refractivity contribution in [1.29, 1.82) is 0 Å². The van der Waals surface area contributed by atoms with Crippen LogP contribution in [0.25, 0.3) is 11.0 Å². The zero-order valence-electron chi connectivity index (χ0n) is 17.5. The largest absolute Gasteiger partial charge is 0.416 e. The summed E-state index contributed by atoms with van der Waals surface area (Å²) in [5.41, 5.74) is 0.861. The Morgan fingerprint density at radius 3 is 2.50 bits per heavy atom. The number of amides is 1. The molecule has 0 saturated carbocycles. The molecular weight excluding hydrogens is 443 g/mol. The number of aromatic nitrogens is 3. The molecule has 170 valence electrons. The second-order valence-corrected chi connectivity index (χ2v) is 8.30. The average Bonchev–Trinajstić information content (AvgIpc) is 3.36. The summed E-state index contributed by atoms with van der Waals surface area (Å²) >= 11 is 6.53. The number of likely N-dealkylation sites (tertiary alicyclic amines) is 1. The normalized spacial score (nSPS) is 14.9. The number of hydrogen-bond acceptors (Lipinski definition) is 4. The number of halogens is 4. The van der Waals surface area contributed by atoms with Gasteiger partial charge in [-0.2, -0.15) is 18.3 Å². The van der Waals surface area contributed by atoms with E-state index in [2.05, 4.69) is 20.3 Å². The Kier molecular flexibility index (Phi) is 6.39. The lowest BCUT2D eigenvalue weighted by molar-refractivity contribution is -0.137. The van der Waals surface area contributed by atoms with Gasteiger partial charge in [0.1, 0.15) is 0 Å². The van der Waals surface area contributed by atoms with Crippen molar-refractivity contribution < 1.29 is 18.0 Å². The zero-order chi connectivity index (χ0) is 22.9. The maximum absolute atomic E-state index is 12.7. The average molecular weight is 466 g/mol.